The molecule has 0 bridgehead atoms. The Hall–Kier alpha value is -0.830. The van der Waals surface area contributed by atoms with E-state index in [-0.39, 0.29) is 6.04 Å². The first-order valence-corrected chi connectivity index (χ1v) is 6.94. The summed E-state index contributed by atoms with van der Waals surface area (Å²) < 4.78 is 1.14. The van der Waals surface area contributed by atoms with Gasteiger partial charge in [-0.2, -0.15) is 0 Å². The molecular formula is C15H15BrClN. The van der Waals surface area contributed by atoms with Gasteiger partial charge in [-0.25, -0.2) is 0 Å². The van der Waals surface area contributed by atoms with Gasteiger partial charge in [0.1, 0.15) is 0 Å². The van der Waals surface area contributed by atoms with E-state index in [1.807, 2.05) is 24.3 Å². The number of hydrogen-bond donors (Lipinski definition) is 1. The number of benzene rings is 2. The Kier molecular flexibility index (Phi) is 4.10. The number of nitrogens with two attached hydrogens (primary N) is 1. The minimum atomic E-state index is -0.144. The molecule has 0 heterocycles. The Labute approximate surface area is 121 Å². The van der Waals surface area contributed by atoms with Gasteiger partial charge < -0.3 is 5.73 Å². The number of rotatable bonds is 2. The Morgan fingerprint density at radius 1 is 1.06 bits per heavy atom. The maximum Gasteiger partial charge on any atom is 0.0552 e. The highest BCUT2D eigenvalue weighted by atomic mass is 79.9. The van der Waals surface area contributed by atoms with Gasteiger partial charge in [0.2, 0.25) is 0 Å². The Morgan fingerprint density at radius 3 is 2.22 bits per heavy atom. The predicted octanol–water partition coefficient (Wildman–Crippen LogP) is 4.77. The molecule has 0 radical (unpaired) electrons. The molecule has 1 unspecified atom stereocenters. The summed E-state index contributed by atoms with van der Waals surface area (Å²) in [6.45, 7) is 4.15. The van der Waals surface area contributed by atoms with Crippen LogP contribution in [0.15, 0.2) is 40.9 Å². The van der Waals surface area contributed by atoms with Crippen LogP contribution in [0.3, 0.4) is 0 Å². The fourth-order valence-corrected chi connectivity index (χ4v) is 2.48. The molecule has 0 fully saturated rings. The lowest BCUT2D eigenvalue weighted by Gasteiger charge is -2.15. The molecule has 0 aromatic heterocycles. The molecule has 2 N–H and O–H groups in total. The van der Waals surface area contributed by atoms with Crippen LogP contribution in [-0.4, -0.2) is 0 Å². The maximum absolute atomic E-state index is 6.30. The fourth-order valence-electron chi connectivity index (χ4n) is 2.05. The summed E-state index contributed by atoms with van der Waals surface area (Å²) in [5, 5.41) is 0.716. The summed E-state index contributed by atoms with van der Waals surface area (Å²) in [6, 6.07) is 11.8. The van der Waals surface area contributed by atoms with Gasteiger partial charge in [0.05, 0.1) is 6.04 Å². The monoisotopic (exact) mass is 323 g/mol. The van der Waals surface area contributed by atoms with Crippen LogP contribution in [0.1, 0.15) is 28.3 Å². The zero-order valence-electron chi connectivity index (χ0n) is 10.4. The van der Waals surface area contributed by atoms with E-state index < -0.39 is 0 Å². The Morgan fingerprint density at radius 2 is 1.67 bits per heavy atom. The minimum absolute atomic E-state index is 0.144. The predicted molar refractivity (Wildman–Crippen MR) is 81.1 cm³/mol. The van der Waals surface area contributed by atoms with Crippen molar-refractivity contribution in [3.63, 3.8) is 0 Å². The first-order valence-electron chi connectivity index (χ1n) is 5.76. The van der Waals surface area contributed by atoms with Crippen molar-refractivity contribution >= 4 is 27.5 Å². The van der Waals surface area contributed by atoms with Gasteiger partial charge in [-0.15, -0.1) is 0 Å². The van der Waals surface area contributed by atoms with E-state index in [0.717, 1.165) is 15.6 Å². The summed E-state index contributed by atoms with van der Waals surface area (Å²) in [6.07, 6.45) is 0. The summed E-state index contributed by atoms with van der Waals surface area (Å²) in [5.41, 5.74) is 10.8. The van der Waals surface area contributed by atoms with Crippen molar-refractivity contribution in [1.29, 1.82) is 0 Å². The SMILES string of the molecule is Cc1cc(C(N)c2cccc(Cl)c2)cc(C)c1Br. The zero-order chi connectivity index (χ0) is 13.3. The molecule has 18 heavy (non-hydrogen) atoms. The summed E-state index contributed by atoms with van der Waals surface area (Å²) >= 11 is 9.57. The van der Waals surface area contributed by atoms with Crippen LogP contribution in [0.5, 0.6) is 0 Å². The van der Waals surface area contributed by atoms with Gasteiger partial charge in [-0.05, 0) is 48.2 Å². The van der Waals surface area contributed by atoms with E-state index in [4.69, 9.17) is 17.3 Å². The molecule has 1 nitrogen and oxygen atoms in total. The second kappa shape index (κ2) is 5.43. The van der Waals surface area contributed by atoms with E-state index in [1.165, 1.54) is 11.1 Å². The van der Waals surface area contributed by atoms with Crippen LogP contribution in [0.4, 0.5) is 0 Å². The van der Waals surface area contributed by atoms with Crippen LogP contribution >= 0.6 is 27.5 Å². The average molecular weight is 325 g/mol. The molecule has 0 saturated carbocycles. The van der Waals surface area contributed by atoms with E-state index in [1.54, 1.807) is 0 Å². The Balaban J connectivity index is 2.43. The molecule has 2 aromatic rings. The highest BCUT2D eigenvalue weighted by molar-refractivity contribution is 9.10. The molecule has 0 spiro atoms. The highest BCUT2D eigenvalue weighted by Crippen LogP contribution is 2.28. The lowest BCUT2D eigenvalue weighted by molar-refractivity contribution is 0.867. The van der Waals surface area contributed by atoms with Crippen LogP contribution in [0, 0.1) is 13.8 Å². The molecule has 0 aliphatic heterocycles. The van der Waals surface area contributed by atoms with Gasteiger partial charge >= 0.3 is 0 Å². The molecular weight excluding hydrogens is 310 g/mol. The molecule has 2 aromatic carbocycles. The largest absolute Gasteiger partial charge is 0.320 e. The third kappa shape index (κ3) is 2.77. The van der Waals surface area contributed by atoms with Crippen molar-refractivity contribution in [3.8, 4) is 0 Å². The average Bonchev–Trinajstić information content (AvgIpc) is 2.34. The Bertz CT molecular complexity index is 557. The highest BCUT2D eigenvalue weighted by Gasteiger charge is 2.11. The maximum atomic E-state index is 6.30. The number of halogens is 2. The van der Waals surface area contributed by atoms with Gasteiger partial charge in [-0.1, -0.05) is 51.8 Å². The lowest BCUT2D eigenvalue weighted by Crippen LogP contribution is -2.12. The third-order valence-electron chi connectivity index (χ3n) is 3.03. The second-order valence-electron chi connectivity index (χ2n) is 4.50. The molecule has 2 rings (SSSR count). The van der Waals surface area contributed by atoms with Crippen molar-refractivity contribution in [1.82, 2.24) is 0 Å². The summed E-state index contributed by atoms with van der Waals surface area (Å²) in [7, 11) is 0. The summed E-state index contributed by atoms with van der Waals surface area (Å²) in [4.78, 5) is 0. The molecule has 0 aliphatic carbocycles. The molecule has 0 saturated heterocycles. The van der Waals surface area contributed by atoms with Crippen LogP contribution < -0.4 is 5.73 Å². The van der Waals surface area contributed by atoms with E-state index >= 15 is 0 Å². The number of hydrogen-bond acceptors (Lipinski definition) is 1. The van der Waals surface area contributed by atoms with Crippen LogP contribution in [0.25, 0.3) is 0 Å². The van der Waals surface area contributed by atoms with Gasteiger partial charge in [0.15, 0.2) is 0 Å². The van der Waals surface area contributed by atoms with Gasteiger partial charge in [0.25, 0.3) is 0 Å². The standard InChI is InChI=1S/C15H15BrClN/c1-9-6-12(7-10(2)14(9)16)15(18)11-4-3-5-13(17)8-11/h3-8,15H,18H2,1-2H3. The van der Waals surface area contributed by atoms with Crippen molar-refractivity contribution in [3.05, 3.63) is 68.1 Å². The quantitative estimate of drug-likeness (QED) is 0.846. The smallest absolute Gasteiger partial charge is 0.0552 e. The van der Waals surface area contributed by atoms with E-state index in [9.17, 15) is 0 Å². The van der Waals surface area contributed by atoms with Crippen molar-refractivity contribution in [2.75, 3.05) is 0 Å². The zero-order valence-corrected chi connectivity index (χ0v) is 12.7. The van der Waals surface area contributed by atoms with Crippen molar-refractivity contribution in [2.24, 2.45) is 5.73 Å². The van der Waals surface area contributed by atoms with E-state index in [0.29, 0.717) is 5.02 Å². The lowest BCUT2D eigenvalue weighted by atomic mass is 9.96. The minimum Gasteiger partial charge on any atom is -0.320 e. The van der Waals surface area contributed by atoms with Crippen LogP contribution in [-0.2, 0) is 0 Å². The second-order valence-corrected chi connectivity index (χ2v) is 5.73. The molecule has 94 valence electrons. The van der Waals surface area contributed by atoms with Crippen molar-refractivity contribution in [2.45, 2.75) is 19.9 Å². The molecule has 3 heteroatoms. The normalized spacial score (nSPS) is 12.5. The first-order chi connectivity index (χ1) is 8.49. The summed E-state index contributed by atoms with van der Waals surface area (Å²) in [5.74, 6) is 0. The van der Waals surface area contributed by atoms with Gasteiger partial charge in [-0.3, -0.25) is 0 Å². The molecule has 1 atom stereocenters. The molecule has 0 amide bonds. The fraction of sp³-hybridized carbons (Fsp3) is 0.200. The number of aryl methyl sites for hydroxylation is 2. The van der Waals surface area contributed by atoms with E-state index in [2.05, 4.69) is 41.9 Å². The van der Waals surface area contributed by atoms with Gasteiger partial charge in [0, 0.05) is 9.50 Å². The molecule has 0 aliphatic rings. The van der Waals surface area contributed by atoms with Crippen molar-refractivity contribution < 1.29 is 0 Å². The topological polar surface area (TPSA) is 26.0 Å². The van der Waals surface area contributed by atoms with Crippen LogP contribution in [0.2, 0.25) is 5.02 Å². The first kappa shape index (κ1) is 13.6. The third-order valence-corrected chi connectivity index (χ3v) is 4.51.